The Morgan fingerprint density at radius 1 is 0.882 bits per heavy atom. The molecule has 51 heavy (non-hydrogen) atoms. The molecule has 0 spiro atoms. The average Bonchev–Trinajstić information content (AvgIpc) is 3.38. The minimum Gasteiger partial charge on any atom is -0.321 e. The summed E-state index contributed by atoms with van der Waals surface area (Å²) in [6, 6.07) is 8.67. The predicted octanol–water partition coefficient (Wildman–Crippen LogP) is 15.7. The van der Waals surface area contributed by atoms with E-state index in [1.165, 1.54) is 71.9 Å². The summed E-state index contributed by atoms with van der Waals surface area (Å²) in [5, 5.41) is 0. The molecule has 1 fully saturated rings. The van der Waals surface area contributed by atoms with Crippen molar-refractivity contribution in [3.63, 3.8) is 0 Å². The molecule has 290 valence electrons. The number of hydrogen-bond donors (Lipinski definition) is 1. The molecule has 2 N–H and O–H groups in total. The molecule has 6 atom stereocenters. The van der Waals surface area contributed by atoms with Crippen LogP contribution in [-0.2, 0) is 6.42 Å². The number of nitrogens with two attached hydrogens (primary N) is 1. The number of hydrogen-bond acceptors (Lipinski definition) is 1. The van der Waals surface area contributed by atoms with Crippen molar-refractivity contribution < 1.29 is 0 Å². The van der Waals surface area contributed by atoms with Gasteiger partial charge in [0.25, 0.3) is 0 Å². The van der Waals surface area contributed by atoms with Crippen molar-refractivity contribution in [3.8, 4) is 0 Å². The summed E-state index contributed by atoms with van der Waals surface area (Å²) in [6.45, 7) is 42.5. The molecule has 0 saturated heterocycles. The van der Waals surface area contributed by atoms with E-state index in [4.69, 9.17) is 5.73 Å². The normalized spacial score (nSPS) is 23.6. The van der Waals surface area contributed by atoms with E-state index < -0.39 is 0 Å². The smallest absolute Gasteiger partial charge is 0.0409 e. The molecule has 2 aliphatic carbocycles. The molecule has 3 rings (SSSR count). The zero-order valence-corrected chi connectivity index (χ0v) is 36.4. The fourth-order valence-electron chi connectivity index (χ4n) is 6.37. The van der Waals surface area contributed by atoms with Gasteiger partial charge in [0, 0.05) is 5.54 Å². The van der Waals surface area contributed by atoms with Gasteiger partial charge in [0.15, 0.2) is 0 Å². The standard InChI is InChI=1S/C24H35N.C11H20.C9H14.C4H10.C2H6/c1-5-6-7-11-20(3)23-16-15-21(4)24(25,18-23)17-10-14-22-13-9-8-12-19(22)2;1-7(2)11-6-8(3)9(4)10(11)5;1-5-6-7-9(4)8(2)3;1-3-4-2;1-2/h8-9,12-13,15-16,18,21H,3,5-7,10-11,14,17,25H2,1-2,4H3;8-11H,1,6H2,2-5H3;5-7H,2H2,1,3-4H3;3-4H2,1-2H3;1-2H3/b;;6-5-,9-7+;;. The van der Waals surface area contributed by atoms with Crippen molar-refractivity contribution >= 4 is 0 Å². The third-order valence-electron chi connectivity index (χ3n) is 11.0. The van der Waals surface area contributed by atoms with Gasteiger partial charge in [-0.15, -0.1) is 0 Å². The average molecular weight is 700 g/mol. The molecule has 1 heteroatoms. The lowest BCUT2D eigenvalue weighted by Gasteiger charge is -2.35. The molecular weight excluding hydrogens is 615 g/mol. The Labute approximate surface area is 320 Å². The van der Waals surface area contributed by atoms with Gasteiger partial charge in [0.2, 0.25) is 0 Å². The highest BCUT2D eigenvalue weighted by atomic mass is 14.7. The van der Waals surface area contributed by atoms with Gasteiger partial charge in [-0.05, 0) is 131 Å². The Hall–Kier alpha value is -2.64. The van der Waals surface area contributed by atoms with E-state index in [0.29, 0.717) is 5.92 Å². The Balaban J connectivity index is 0. The molecule has 2 aliphatic rings. The van der Waals surface area contributed by atoms with Gasteiger partial charge in [0.05, 0.1) is 0 Å². The summed E-state index contributed by atoms with van der Waals surface area (Å²) in [6.07, 6.45) is 24.9. The Bertz CT molecular complexity index is 1230. The SMILES string of the molecule is C=C(C)/C(C)=C/C=C\C.C=C(C)C1CC(C)C(C)C1C.C=C(CCCCC)C1=CC(N)(CCCc2ccccc2C)C(C)C=C1.CC.CCCC. The van der Waals surface area contributed by atoms with Crippen molar-refractivity contribution in [3.05, 3.63) is 119 Å². The summed E-state index contributed by atoms with van der Waals surface area (Å²) in [5.74, 6) is 3.79. The molecule has 0 bridgehead atoms. The maximum absolute atomic E-state index is 6.82. The minimum absolute atomic E-state index is 0.250. The number of unbranched alkanes of at least 4 members (excludes halogenated alkanes) is 3. The van der Waals surface area contributed by atoms with Gasteiger partial charge in [-0.1, -0.05) is 180 Å². The van der Waals surface area contributed by atoms with Crippen LogP contribution in [0.1, 0.15) is 159 Å². The fraction of sp³-hybridized carbons (Fsp3) is 0.600. The highest BCUT2D eigenvalue weighted by Crippen LogP contribution is 2.43. The monoisotopic (exact) mass is 700 g/mol. The first-order chi connectivity index (χ1) is 24.1. The van der Waals surface area contributed by atoms with E-state index in [0.717, 1.165) is 54.9 Å². The topological polar surface area (TPSA) is 26.0 Å². The third kappa shape index (κ3) is 20.3. The Kier molecular flexibility index (Phi) is 28.6. The van der Waals surface area contributed by atoms with Crippen LogP contribution in [-0.4, -0.2) is 5.54 Å². The molecular formula is C50H85N. The van der Waals surface area contributed by atoms with Crippen LogP contribution >= 0.6 is 0 Å². The molecule has 0 aromatic heterocycles. The zero-order chi connectivity index (χ0) is 39.6. The van der Waals surface area contributed by atoms with Crippen LogP contribution in [0.4, 0.5) is 0 Å². The molecule has 0 aliphatic heterocycles. The molecule has 0 amide bonds. The maximum atomic E-state index is 6.82. The zero-order valence-electron chi connectivity index (χ0n) is 36.4. The number of allylic oxidation sites excluding steroid dienone is 9. The largest absolute Gasteiger partial charge is 0.321 e. The van der Waals surface area contributed by atoms with Gasteiger partial charge in [-0.2, -0.15) is 0 Å². The van der Waals surface area contributed by atoms with Gasteiger partial charge in [-0.3, -0.25) is 0 Å². The van der Waals surface area contributed by atoms with E-state index in [9.17, 15) is 0 Å². The first-order valence-corrected chi connectivity index (χ1v) is 20.6. The van der Waals surface area contributed by atoms with Gasteiger partial charge in [0.1, 0.15) is 0 Å². The predicted molar refractivity (Wildman–Crippen MR) is 236 cm³/mol. The number of aryl methyl sites for hydroxylation is 2. The van der Waals surface area contributed by atoms with E-state index in [1.54, 1.807) is 0 Å². The molecule has 0 radical (unpaired) electrons. The van der Waals surface area contributed by atoms with E-state index in [1.807, 2.05) is 39.8 Å². The summed E-state index contributed by atoms with van der Waals surface area (Å²) >= 11 is 0. The molecule has 1 aromatic rings. The number of benzene rings is 1. The lowest BCUT2D eigenvalue weighted by molar-refractivity contribution is 0.359. The first-order valence-electron chi connectivity index (χ1n) is 20.6. The molecule has 0 heterocycles. The van der Waals surface area contributed by atoms with Crippen molar-refractivity contribution in [1.29, 1.82) is 0 Å². The highest BCUT2D eigenvalue weighted by molar-refractivity contribution is 5.44. The van der Waals surface area contributed by atoms with Crippen LogP contribution < -0.4 is 5.73 Å². The number of rotatable bonds is 13. The summed E-state index contributed by atoms with van der Waals surface area (Å²) in [5.41, 5.74) is 15.6. The van der Waals surface area contributed by atoms with Crippen LogP contribution in [0.2, 0.25) is 0 Å². The van der Waals surface area contributed by atoms with Crippen LogP contribution in [0.25, 0.3) is 0 Å². The molecule has 6 unspecified atom stereocenters. The Morgan fingerprint density at radius 2 is 1.49 bits per heavy atom. The van der Waals surface area contributed by atoms with Crippen molar-refractivity contribution in [1.82, 2.24) is 0 Å². The molecule has 1 aromatic carbocycles. The van der Waals surface area contributed by atoms with E-state index in [2.05, 4.69) is 138 Å². The summed E-state index contributed by atoms with van der Waals surface area (Å²) in [7, 11) is 0. The van der Waals surface area contributed by atoms with E-state index in [-0.39, 0.29) is 5.54 Å². The van der Waals surface area contributed by atoms with E-state index >= 15 is 0 Å². The highest BCUT2D eigenvalue weighted by Gasteiger charge is 2.35. The quantitative estimate of drug-likeness (QED) is 0.124. The second-order valence-electron chi connectivity index (χ2n) is 15.2. The molecule has 1 saturated carbocycles. The van der Waals surface area contributed by atoms with Gasteiger partial charge in [-0.25, -0.2) is 0 Å². The van der Waals surface area contributed by atoms with Crippen molar-refractivity contribution in [2.75, 3.05) is 0 Å². The second kappa shape index (κ2) is 28.9. The lowest BCUT2D eigenvalue weighted by atomic mass is 9.75. The van der Waals surface area contributed by atoms with Crippen LogP contribution in [0.15, 0.2) is 108 Å². The van der Waals surface area contributed by atoms with Gasteiger partial charge < -0.3 is 5.73 Å². The first kappa shape index (κ1) is 50.5. The van der Waals surface area contributed by atoms with Crippen LogP contribution in [0.3, 0.4) is 0 Å². The minimum atomic E-state index is -0.250. The lowest BCUT2D eigenvalue weighted by Crippen LogP contribution is -2.45. The third-order valence-corrected chi connectivity index (χ3v) is 11.0. The van der Waals surface area contributed by atoms with Crippen molar-refractivity contribution in [2.45, 2.75) is 167 Å². The Morgan fingerprint density at radius 3 is 1.94 bits per heavy atom. The van der Waals surface area contributed by atoms with Crippen molar-refractivity contribution in [2.24, 2.45) is 35.3 Å². The van der Waals surface area contributed by atoms with Crippen LogP contribution in [0.5, 0.6) is 0 Å². The summed E-state index contributed by atoms with van der Waals surface area (Å²) in [4.78, 5) is 0. The maximum Gasteiger partial charge on any atom is 0.0409 e. The fourth-order valence-corrected chi connectivity index (χ4v) is 6.37. The van der Waals surface area contributed by atoms with Gasteiger partial charge >= 0.3 is 0 Å². The molecule has 1 nitrogen and oxygen atoms in total. The summed E-state index contributed by atoms with van der Waals surface area (Å²) < 4.78 is 0. The van der Waals surface area contributed by atoms with Crippen LogP contribution in [0, 0.1) is 36.5 Å². The second-order valence-corrected chi connectivity index (χ2v) is 15.2.